The molecule has 0 bridgehead atoms. The van der Waals surface area contributed by atoms with Crippen molar-refractivity contribution in [3.63, 3.8) is 0 Å². The lowest BCUT2D eigenvalue weighted by Gasteiger charge is -2.24. The summed E-state index contributed by atoms with van der Waals surface area (Å²) in [5, 5.41) is 15.4. The molecule has 3 aromatic rings. The van der Waals surface area contributed by atoms with E-state index in [0.717, 1.165) is 22.5 Å². The molecular weight excluding hydrogens is 312 g/mol. The third-order valence-corrected chi connectivity index (χ3v) is 4.44. The standard InChI is InChI=1S/C19H20N6/c1-13-4-6-14(7-5-13)17-12-18(25-19(20-17)21-22-23-25)15-8-10-16(11-9-15)24(2)3/h4-12,18H,1-3H3,(H,20,21,23)/t18-/m1/s1. The van der Waals surface area contributed by atoms with E-state index in [2.05, 4.69) is 87.3 Å². The van der Waals surface area contributed by atoms with Crippen molar-refractivity contribution in [1.29, 1.82) is 0 Å². The molecule has 0 radical (unpaired) electrons. The van der Waals surface area contributed by atoms with Crippen molar-refractivity contribution >= 4 is 17.3 Å². The molecule has 1 atom stereocenters. The maximum absolute atomic E-state index is 4.15. The molecule has 1 aliphatic rings. The number of nitrogens with zero attached hydrogens (tertiary/aromatic N) is 5. The Bertz CT molecular complexity index is 906. The number of fused-ring (bicyclic) bond motifs is 1. The average Bonchev–Trinajstić information content (AvgIpc) is 3.10. The Kier molecular flexibility index (Phi) is 3.72. The van der Waals surface area contributed by atoms with Crippen molar-refractivity contribution in [3.8, 4) is 0 Å². The van der Waals surface area contributed by atoms with Crippen LogP contribution in [-0.2, 0) is 0 Å². The smallest absolute Gasteiger partial charge is 0.248 e. The number of hydrogen-bond acceptors (Lipinski definition) is 5. The molecule has 25 heavy (non-hydrogen) atoms. The van der Waals surface area contributed by atoms with Crippen LogP contribution in [0.25, 0.3) is 5.70 Å². The fraction of sp³-hybridized carbons (Fsp3) is 0.211. The lowest BCUT2D eigenvalue weighted by molar-refractivity contribution is 0.586. The van der Waals surface area contributed by atoms with E-state index in [9.17, 15) is 0 Å². The van der Waals surface area contributed by atoms with E-state index in [1.165, 1.54) is 5.56 Å². The first-order valence-corrected chi connectivity index (χ1v) is 8.23. The van der Waals surface area contributed by atoms with Crippen LogP contribution in [0, 0.1) is 6.92 Å². The van der Waals surface area contributed by atoms with Gasteiger partial charge in [0, 0.05) is 25.5 Å². The van der Waals surface area contributed by atoms with Crippen molar-refractivity contribution < 1.29 is 0 Å². The minimum absolute atomic E-state index is 0.0428. The molecule has 6 heteroatoms. The number of aromatic nitrogens is 4. The molecule has 1 aliphatic heterocycles. The van der Waals surface area contributed by atoms with Crippen LogP contribution < -0.4 is 10.2 Å². The number of anilines is 2. The van der Waals surface area contributed by atoms with Crippen LogP contribution in [0.2, 0.25) is 0 Å². The van der Waals surface area contributed by atoms with E-state index >= 15 is 0 Å². The first kappa shape index (κ1) is 15.4. The topological polar surface area (TPSA) is 58.9 Å². The zero-order valence-electron chi connectivity index (χ0n) is 14.5. The molecule has 1 N–H and O–H groups in total. The summed E-state index contributed by atoms with van der Waals surface area (Å²) < 4.78 is 1.81. The third kappa shape index (κ3) is 2.87. The van der Waals surface area contributed by atoms with Crippen LogP contribution >= 0.6 is 0 Å². The van der Waals surface area contributed by atoms with Gasteiger partial charge in [-0.15, -0.1) is 0 Å². The van der Waals surface area contributed by atoms with Crippen molar-refractivity contribution in [2.75, 3.05) is 24.3 Å². The number of aryl methyl sites for hydroxylation is 1. The Labute approximate surface area is 146 Å². The van der Waals surface area contributed by atoms with E-state index in [1.807, 2.05) is 18.8 Å². The highest BCUT2D eigenvalue weighted by Gasteiger charge is 2.24. The predicted octanol–water partition coefficient (Wildman–Crippen LogP) is 3.10. The SMILES string of the molecule is Cc1ccc(C2=C[C@H](c3ccc(N(C)C)cc3)n3nnnc3N2)cc1. The Morgan fingerprint density at radius 3 is 2.40 bits per heavy atom. The second-order valence-electron chi connectivity index (χ2n) is 6.45. The molecule has 6 nitrogen and oxygen atoms in total. The van der Waals surface area contributed by atoms with Gasteiger partial charge in [0.2, 0.25) is 5.95 Å². The summed E-state index contributed by atoms with van der Waals surface area (Å²) in [5.41, 5.74) is 5.68. The largest absolute Gasteiger partial charge is 0.378 e. The number of benzene rings is 2. The molecule has 0 spiro atoms. The van der Waals surface area contributed by atoms with E-state index < -0.39 is 0 Å². The van der Waals surface area contributed by atoms with Gasteiger partial charge in [0.15, 0.2) is 0 Å². The molecule has 2 heterocycles. The van der Waals surface area contributed by atoms with Crippen LogP contribution in [-0.4, -0.2) is 34.3 Å². The molecule has 0 saturated heterocycles. The van der Waals surface area contributed by atoms with Crippen LogP contribution in [0.4, 0.5) is 11.6 Å². The highest BCUT2D eigenvalue weighted by Crippen LogP contribution is 2.32. The number of rotatable bonds is 3. The molecule has 4 rings (SSSR count). The zero-order chi connectivity index (χ0) is 17.4. The summed E-state index contributed by atoms with van der Waals surface area (Å²) in [6.07, 6.45) is 2.17. The maximum Gasteiger partial charge on any atom is 0.248 e. The van der Waals surface area contributed by atoms with Gasteiger partial charge in [-0.3, -0.25) is 0 Å². The third-order valence-electron chi connectivity index (χ3n) is 4.44. The van der Waals surface area contributed by atoms with Gasteiger partial charge in [0.25, 0.3) is 0 Å². The fourth-order valence-electron chi connectivity index (χ4n) is 2.96. The van der Waals surface area contributed by atoms with Crippen LogP contribution in [0.3, 0.4) is 0 Å². The van der Waals surface area contributed by atoms with Crippen LogP contribution in [0.15, 0.2) is 54.6 Å². The minimum Gasteiger partial charge on any atom is -0.378 e. The first-order chi connectivity index (χ1) is 12.1. The van der Waals surface area contributed by atoms with Gasteiger partial charge in [0.1, 0.15) is 6.04 Å². The van der Waals surface area contributed by atoms with E-state index in [0.29, 0.717) is 5.95 Å². The van der Waals surface area contributed by atoms with Crippen molar-refractivity contribution in [2.45, 2.75) is 13.0 Å². The Hall–Kier alpha value is -3.15. The number of nitrogens with one attached hydrogen (secondary N) is 1. The second-order valence-corrected chi connectivity index (χ2v) is 6.45. The Balaban J connectivity index is 1.75. The first-order valence-electron chi connectivity index (χ1n) is 8.23. The van der Waals surface area contributed by atoms with Crippen LogP contribution in [0.1, 0.15) is 22.7 Å². The van der Waals surface area contributed by atoms with Crippen molar-refractivity contribution in [2.24, 2.45) is 0 Å². The fourth-order valence-corrected chi connectivity index (χ4v) is 2.96. The summed E-state index contributed by atoms with van der Waals surface area (Å²) in [6.45, 7) is 2.09. The van der Waals surface area contributed by atoms with Crippen molar-refractivity contribution in [3.05, 3.63) is 71.3 Å². The van der Waals surface area contributed by atoms with Gasteiger partial charge in [-0.05, 0) is 46.7 Å². The van der Waals surface area contributed by atoms with E-state index in [1.54, 1.807) is 0 Å². The number of hydrogen-bond donors (Lipinski definition) is 1. The normalized spacial score (nSPS) is 16.0. The lowest BCUT2D eigenvalue weighted by atomic mass is 10.0. The molecule has 0 unspecified atom stereocenters. The molecule has 126 valence electrons. The Morgan fingerprint density at radius 2 is 1.72 bits per heavy atom. The summed E-state index contributed by atoms with van der Waals surface area (Å²) >= 11 is 0. The zero-order valence-corrected chi connectivity index (χ0v) is 14.5. The lowest BCUT2D eigenvalue weighted by Crippen LogP contribution is -2.20. The van der Waals surface area contributed by atoms with Crippen LogP contribution in [0.5, 0.6) is 0 Å². The summed E-state index contributed by atoms with van der Waals surface area (Å²) in [6, 6.07) is 16.9. The molecule has 1 aromatic heterocycles. The average molecular weight is 332 g/mol. The molecule has 2 aromatic carbocycles. The van der Waals surface area contributed by atoms with Crippen molar-refractivity contribution in [1.82, 2.24) is 20.2 Å². The number of tetrazole rings is 1. The summed E-state index contributed by atoms with van der Waals surface area (Å²) in [4.78, 5) is 2.09. The van der Waals surface area contributed by atoms with Gasteiger partial charge < -0.3 is 10.2 Å². The molecule has 0 saturated carbocycles. The highest BCUT2D eigenvalue weighted by molar-refractivity contribution is 5.77. The van der Waals surface area contributed by atoms with E-state index in [4.69, 9.17) is 0 Å². The van der Waals surface area contributed by atoms with Gasteiger partial charge in [0.05, 0.1) is 0 Å². The Morgan fingerprint density at radius 1 is 1.00 bits per heavy atom. The summed E-state index contributed by atoms with van der Waals surface area (Å²) in [5.74, 6) is 0.653. The van der Waals surface area contributed by atoms with E-state index in [-0.39, 0.29) is 6.04 Å². The molecule has 0 aliphatic carbocycles. The maximum atomic E-state index is 4.15. The summed E-state index contributed by atoms with van der Waals surface area (Å²) in [7, 11) is 4.07. The number of allylic oxidation sites excluding steroid dienone is 1. The molecular formula is C19H20N6. The monoisotopic (exact) mass is 332 g/mol. The predicted molar refractivity (Wildman–Crippen MR) is 99.5 cm³/mol. The highest BCUT2D eigenvalue weighted by atomic mass is 15.6. The van der Waals surface area contributed by atoms with Gasteiger partial charge in [-0.25, -0.2) is 0 Å². The quantitative estimate of drug-likeness (QED) is 0.799. The van der Waals surface area contributed by atoms with Gasteiger partial charge in [-0.1, -0.05) is 47.1 Å². The second kappa shape index (κ2) is 6.05. The molecule has 0 amide bonds. The van der Waals surface area contributed by atoms with Gasteiger partial charge >= 0.3 is 0 Å². The van der Waals surface area contributed by atoms with Gasteiger partial charge in [-0.2, -0.15) is 4.68 Å². The molecule has 0 fully saturated rings. The minimum atomic E-state index is -0.0428.